The molecule has 16 heavy (non-hydrogen) atoms. The molecule has 0 amide bonds. The number of oxazole rings is 1. The molecule has 0 spiro atoms. The minimum absolute atomic E-state index is 0.620. The van der Waals surface area contributed by atoms with E-state index in [0.717, 1.165) is 31.0 Å². The Morgan fingerprint density at radius 1 is 1.62 bits per heavy atom. The SMILES string of the molecule is CCN1CCCC1Cc1nc(CCN)co1. The molecule has 0 saturated carbocycles. The van der Waals surface area contributed by atoms with Gasteiger partial charge in [-0.05, 0) is 32.5 Å². The van der Waals surface area contributed by atoms with E-state index in [0.29, 0.717) is 12.6 Å². The van der Waals surface area contributed by atoms with Crippen molar-refractivity contribution in [3.05, 3.63) is 17.8 Å². The van der Waals surface area contributed by atoms with E-state index in [-0.39, 0.29) is 0 Å². The fourth-order valence-corrected chi connectivity index (χ4v) is 2.45. The molecule has 1 aliphatic heterocycles. The summed E-state index contributed by atoms with van der Waals surface area (Å²) in [6, 6.07) is 0.620. The number of rotatable bonds is 5. The maximum atomic E-state index is 5.49. The monoisotopic (exact) mass is 223 g/mol. The standard InChI is InChI=1S/C12H21N3O/c1-2-15-7-3-4-11(15)8-12-14-10(5-6-13)9-16-12/h9,11H,2-8,13H2,1H3. The molecule has 4 nitrogen and oxygen atoms in total. The van der Waals surface area contributed by atoms with Crippen LogP contribution in [0.5, 0.6) is 0 Å². The normalized spacial score (nSPS) is 21.8. The molecular weight excluding hydrogens is 202 g/mol. The Balaban J connectivity index is 1.92. The summed E-state index contributed by atoms with van der Waals surface area (Å²) in [5.41, 5.74) is 6.47. The molecule has 0 aliphatic carbocycles. The number of nitrogens with zero attached hydrogens (tertiary/aromatic N) is 2. The van der Waals surface area contributed by atoms with Crippen molar-refractivity contribution in [2.24, 2.45) is 5.73 Å². The molecule has 0 radical (unpaired) electrons. The Kier molecular flexibility index (Phi) is 3.96. The van der Waals surface area contributed by atoms with Crippen LogP contribution in [0.3, 0.4) is 0 Å². The Morgan fingerprint density at radius 2 is 2.50 bits per heavy atom. The van der Waals surface area contributed by atoms with Crippen molar-refractivity contribution in [1.82, 2.24) is 9.88 Å². The van der Waals surface area contributed by atoms with Gasteiger partial charge in [-0.1, -0.05) is 6.92 Å². The third-order valence-corrected chi connectivity index (χ3v) is 3.32. The lowest BCUT2D eigenvalue weighted by molar-refractivity contribution is 0.254. The van der Waals surface area contributed by atoms with Gasteiger partial charge in [0.15, 0.2) is 5.89 Å². The van der Waals surface area contributed by atoms with E-state index in [1.165, 1.54) is 19.4 Å². The van der Waals surface area contributed by atoms with Gasteiger partial charge in [-0.25, -0.2) is 4.98 Å². The number of likely N-dealkylation sites (tertiary alicyclic amines) is 1. The molecule has 1 saturated heterocycles. The lowest BCUT2D eigenvalue weighted by Crippen LogP contribution is -2.30. The van der Waals surface area contributed by atoms with Crippen molar-refractivity contribution in [2.45, 2.75) is 38.6 Å². The van der Waals surface area contributed by atoms with Gasteiger partial charge in [0.1, 0.15) is 6.26 Å². The number of nitrogens with two attached hydrogens (primary N) is 1. The second kappa shape index (κ2) is 5.46. The molecule has 2 heterocycles. The van der Waals surface area contributed by atoms with Crippen LogP contribution >= 0.6 is 0 Å². The van der Waals surface area contributed by atoms with E-state index in [4.69, 9.17) is 10.2 Å². The number of hydrogen-bond donors (Lipinski definition) is 1. The zero-order valence-corrected chi connectivity index (χ0v) is 9.98. The predicted octanol–water partition coefficient (Wildman–Crippen LogP) is 1.20. The van der Waals surface area contributed by atoms with Crippen LogP contribution in [-0.4, -0.2) is 35.6 Å². The van der Waals surface area contributed by atoms with Gasteiger partial charge in [-0.15, -0.1) is 0 Å². The molecule has 2 rings (SSSR count). The van der Waals surface area contributed by atoms with Crippen LogP contribution in [0.1, 0.15) is 31.4 Å². The summed E-state index contributed by atoms with van der Waals surface area (Å²) in [4.78, 5) is 6.97. The molecule has 0 bridgehead atoms. The number of aromatic nitrogens is 1. The molecule has 1 fully saturated rings. The lowest BCUT2D eigenvalue weighted by atomic mass is 10.1. The van der Waals surface area contributed by atoms with Gasteiger partial charge in [-0.3, -0.25) is 0 Å². The van der Waals surface area contributed by atoms with Crippen LogP contribution in [0, 0.1) is 0 Å². The first kappa shape index (κ1) is 11.6. The van der Waals surface area contributed by atoms with Gasteiger partial charge < -0.3 is 15.1 Å². The summed E-state index contributed by atoms with van der Waals surface area (Å²) in [7, 11) is 0. The Labute approximate surface area is 96.8 Å². The Hall–Kier alpha value is -0.870. The second-order valence-corrected chi connectivity index (χ2v) is 4.40. The first-order valence-electron chi connectivity index (χ1n) is 6.21. The van der Waals surface area contributed by atoms with Crippen molar-refractivity contribution in [2.75, 3.05) is 19.6 Å². The number of likely N-dealkylation sites (N-methyl/N-ethyl adjacent to an activating group) is 1. The van der Waals surface area contributed by atoms with E-state index in [2.05, 4.69) is 16.8 Å². The average molecular weight is 223 g/mol. The summed E-state index contributed by atoms with van der Waals surface area (Å²) in [6.07, 6.45) is 6.06. The van der Waals surface area contributed by atoms with Crippen molar-refractivity contribution in [3.8, 4) is 0 Å². The second-order valence-electron chi connectivity index (χ2n) is 4.40. The van der Waals surface area contributed by atoms with E-state index in [1.807, 2.05) is 0 Å². The largest absolute Gasteiger partial charge is 0.449 e. The van der Waals surface area contributed by atoms with Crippen LogP contribution in [0.15, 0.2) is 10.7 Å². The molecule has 90 valence electrons. The highest BCUT2D eigenvalue weighted by molar-refractivity contribution is 4.99. The third kappa shape index (κ3) is 2.62. The molecule has 2 N–H and O–H groups in total. The van der Waals surface area contributed by atoms with Crippen molar-refractivity contribution >= 4 is 0 Å². The Morgan fingerprint density at radius 3 is 3.25 bits per heavy atom. The fraction of sp³-hybridized carbons (Fsp3) is 0.750. The molecular formula is C12H21N3O. The van der Waals surface area contributed by atoms with Crippen LogP contribution in [0.2, 0.25) is 0 Å². The average Bonchev–Trinajstić information content (AvgIpc) is 2.89. The van der Waals surface area contributed by atoms with Gasteiger partial charge >= 0.3 is 0 Å². The smallest absolute Gasteiger partial charge is 0.195 e. The molecule has 1 aromatic heterocycles. The summed E-state index contributed by atoms with van der Waals surface area (Å²) >= 11 is 0. The molecule has 0 aromatic carbocycles. The molecule has 1 atom stereocenters. The fourth-order valence-electron chi connectivity index (χ4n) is 2.45. The minimum Gasteiger partial charge on any atom is -0.449 e. The van der Waals surface area contributed by atoms with Crippen LogP contribution in [-0.2, 0) is 12.8 Å². The van der Waals surface area contributed by atoms with Crippen LogP contribution in [0.25, 0.3) is 0 Å². The zero-order chi connectivity index (χ0) is 11.4. The summed E-state index contributed by atoms with van der Waals surface area (Å²) in [5.74, 6) is 0.869. The number of hydrogen-bond acceptors (Lipinski definition) is 4. The summed E-state index contributed by atoms with van der Waals surface area (Å²) in [6.45, 7) is 5.20. The maximum absolute atomic E-state index is 5.49. The third-order valence-electron chi connectivity index (χ3n) is 3.32. The van der Waals surface area contributed by atoms with E-state index >= 15 is 0 Å². The first-order valence-corrected chi connectivity index (χ1v) is 6.21. The summed E-state index contributed by atoms with van der Waals surface area (Å²) < 4.78 is 5.48. The van der Waals surface area contributed by atoms with E-state index in [1.54, 1.807) is 6.26 Å². The predicted molar refractivity (Wildman–Crippen MR) is 63.2 cm³/mol. The van der Waals surface area contributed by atoms with Gasteiger partial charge in [-0.2, -0.15) is 0 Å². The van der Waals surface area contributed by atoms with Crippen molar-refractivity contribution < 1.29 is 4.42 Å². The maximum Gasteiger partial charge on any atom is 0.195 e. The van der Waals surface area contributed by atoms with Gasteiger partial charge in [0.2, 0.25) is 0 Å². The quantitative estimate of drug-likeness (QED) is 0.815. The summed E-state index contributed by atoms with van der Waals surface area (Å²) in [5, 5.41) is 0. The van der Waals surface area contributed by atoms with Crippen LogP contribution in [0.4, 0.5) is 0 Å². The first-order chi connectivity index (χ1) is 7.83. The molecule has 4 heteroatoms. The lowest BCUT2D eigenvalue weighted by Gasteiger charge is -2.20. The molecule has 1 aromatic rings. The van der Waals surface area contributed by atoms with Crippen molar-refractivity contribution in [1.29, 1.82) is 0 Å². The molecule has 1 aliphatic rings. The van der Waals surface area contributed by atoms with Gasteiger partial charge in [0.05, 0.1) is 5.69 Å². The zero-order valence-electron chi connectivity index (χ0n) is 9.98. The Bertz CT molecular complexity index is 324. The van der Waals surface area contributed by atoms with Gasteiger partial charge in [0.25, 0.3) is 0 Å². The van der Waals surface area contributed by atoms with E-state index in [9.17, 15) is 0 Å². The minimum atomic E-state index is 0.620. The van der Waals surface area contributed by atoms with Crippen molar-refractivity contribution in [3.63, 3.8) is 0 Å². The van der Waals surface area contributed by atoms with E-state index < -0.39 is 0 Å². The highest BCUT2D eigenvalue weighted by Crippen LogP contribution is 2.20. The van der Waals surface area contributed by atoms with Crippen LogP contribution < -0.4 is 5.73 Å². The molecule has 1 unspecified atom stereocenters. The topological polar surface area (TPSA) is 55.3 Å². The highest BCUT2D eigenvalue weighted by atomic mass is 16.3. The van der Waals surface area contributed by atoms with Gasteiger partial charge in [0, 0.05) is 18.9 Å². The highest BCUT2D eigenvalue weighted by Gasteiger charge is 2.24.